The van der Waals surface area contributed by atoms with Crippen LogP contribution in [0.25, 0.3) is 0 Å². The molecule has 152 valence electrons. The van der Waals surface area contributed by atoms with Crippen LogP contribution in [0.1, 0.15) is 36.1 Å². The predicted octanol–water partition coefficient (Wildman–Crippen LogP) is 3.93. The van der Waals surface area contributed by atoms with Crippen molar-refractivity contribution >= 4 is 29.2 Å². The number of aliphatic imine (C=N–C) groups is 1. The molecule has 0 aliphatic carbocycles. The maximum absolute atomic E-state index is 6.28. The van der Waals surface area contributed by atoms with Gasteiger partial charge in [-0.15, -0.1) is 0 Å². The Morgan fingerprint density at radius 3 is 2.64 bits per heavy atom. The molecule has 1 fully saturated rings. The number of rotatable bonds is 6. The summed E-state index contributed by atoms with van der Waals surface area (Å²) in [6.07, 6.45) is 0. The van der Waals surface area contributed by atoms with E-state index >= 15 is 0 Å². The van der Waals surface area contributed by atoms with Crippen molar-refractivity contribution in [2.45, 2.75) is 25.9 Å². The fraction of sp³-hybridized carbons (Fsp3) is 0.450. The minimum absolute atomic E-state index is 0.0207. The van der Waals surface area contributed by atoms with Gasteiger partial charge in [0.05, 0.1) is 31.8 Å². The Balaban J connectivity index is 1.69. The van der Waals surface area contributed by atoms with Crippen LogP contribution in [-0.4, -0.2) is 43.7 Å². The van der Waals surface area contributed by atoms with E-state index in [9.17, 15) is 0 Å². The van der Waals surface area contributed by atoms with Crippen LogP contribution in [-0.2, 0) is 4.74 Å². The Labute approximate surface area is 175 Å². The van der Waals surface area contributed by atoms with Crippen molar-refractivity contribution in [1.29, 1.82) is 0 Å². The van der Waals surface area contributed by atoms with Crippen molar-refractivity contribution in [2.24, 2.45) is 10.7 Å². The maximum atomic E-state index is 6.28. The molecule has 0 bridgehead atoms. The number of hydrogen-bond donors (Lipinski definition) is 2. The molecule has 3 N–H and O–H groups in total. The number of hydrogen-bond acceptors (Lipinski definition) is 4. The third-order valence-corrected chi connectivity index (χ3v) is 5.37. The summed E-state index contributed by atoms with van der Waals surface area (Å²) >= 11 is 12.3. The van der Waals surface area contributed by atoms with Gasteiger partial charge < -0.3 is 20.2 Å². The second kappa shape index (κ2) is 9.65. The van der Waals surface area contributed by atoms with Crippen molar-refractivity contribution in [2.75, 3.05) is 32.8 Å². The molecule has 8 heteroatoms. The van der Waals surface area contributed by atoms with E-state index in [0.29, 0.717) is 35.8 Å². The number of nitrogens with one attached hydrogen (secondary N) is 1. The third kappa shape index (κ3) is 5.41. The van der Waals surface area contributed by atoms with Gasteiger partial charge in [-0.3, -0.25) is 9.89 Å². The minimum atomic E-state index is -0.0961. The highest BCUT2D eigenvalue weighted by Crippen LogP contribution is 2.26. The molecule has 2 unspecified atom stereocenters. The number of guanidine groups is 1. The molecule has 0 amide bonds. The average Bonchev–Trinajstić information content (AvgIpc) is 3.08. The van der Waals surface area contributed by atoms with Gasteiger partial charge in [0.15, 0.2) is 5.96 Å². The zero-order chi connectivity index (χ0) is 20.1. The second-order valence-electron chi connectivity index (χ2n) is 6.87. The number of ether oxygens (including phenoxy) is 1. The van der Waals surface area contributed by atoms with Crippen molar-refractivity contribution in [3.8, 4) is 0 Å². The minimum Gasteiger partial charge on any atom is -0.465 e. The molecule has 1 aromatic heterocycles. The summed E-state index contributed by atoms with van der Waals surface area (Å²) in [6, 6.07) is 9.31. The summed E-state index contributed by atoms with van der Waals surface area (Å²) in [4.78, 5) is 6.89. The number of morpholine rings is 1. The van der Waals surface area contributed by atoms with Gasteiger partial charge in [-0.2, -0.15) is 0 Å². The van der Waals surface area contributed by atoms with E-state index in [2.05, 4.69) is 15.2 Å². The SMILES string of the molecule is Cc1ccc(C(CN=C(N)NC(C)c2ccc(Cl)cc2Cl)N2CCOCC2)o1. The highest BCUT2D eigenvalue weighted by molar-refractivity contribution is 6.35. The molecule has 6 nitrogen and oxygen atoms in total. The first-order valence-corrected chi connectivity index (χ1v) is 10.1. The first-order valence-electron chi connectivity index (χ1n) is 9.33. The predicted molar refractivity (Wildman–Crippen MR) is 113 cm³/mol. The van der Waals surface area contributed by atoms with E-state index in [0.717, 1.165) is 30.2 Å². The van der Waals surface area contributed by atoms with Gasteiger partial charge in [-0.25, -0.2) is 0 Å². The van der Waals surface area contributed by atoms with Gasteiger partial charge in [-0.05, 0) is 43.7 Å². The van der Waals surface area contributed by atoms with Crippen LogP contribution in [0.4, 0.5) is 0 Å². The lowest BCUT2D eigenvalue weighted by molar-refractivity contribution is 0.0135. The largest absolute Gasteiger partial charge is 0.465 e. The molecule has 2 aromatic rings. The fourth-order valence-corrected chi connectivity index (χ4v) is 3.86. The standard InChI is InChI=1S/C20H26Cl2N4O2/c1-13-3-6-19(28-13)18(26-7-9-27-10-8-26)12-24-20(23)25-14(2)16-5-4-15(21)11-17(16)22/h3-6,11,14,18H,7-10,12H2,1-2H3,(H3,23,24,25). The number of benzene rings is 1. The van der Waals surface area contributed by atoms with Gasteiger partial charge in [0.2, 0.25) is 0 Å². The molecule has 0 saturated carbocycles. The molecule has 3 rings (SSSR count). The van der Waals surface area contributed by atoms with Crippen LogP contribution in [0, 0.1) is 6.92 Å². The summed E-state index contributed by atoms with van der Waals surface area (Å²) in [5, 5.41) is 4.39. The second-order valence-corrected chi connectivity index (χ2v) is 7.71. The molecule has 1 aromatic carbocycles. The van der Waals surface area contributed by atoms with E-state index in [1.165, 1.54) is 0 Å². The van der Waals surface area contributed by atoms with Crippen LogP contribution in [0.5, 0.6) is 0 Å². The molecule has 0 spiro atoms. The molecule has 28 heavy (non-hydrogen) atoms. The average molecular weight is 425 g/mol. The Morgan fingerprint density at radius 2 is 2.00 bits per heavy atom. The molecule has 2 heterocycles. The lowest BCUT2D eigenvalue weighted by atomic mass is 10.1. The van der Waals surface area contributed by atoms with E-state index < -0.39 is 0 Å². The summed E-state index contributed by atoms with van der Waals surface area (Å²) in [6.45, 7) is 7.50. The van der Waals surface area contributed by atoms with Gasteiger partial charge in [0, 0.05) is 23.1 Å². The zero-order valence-corrected chi connectivity index (χ0v) is 17.6. The van der Waals surface area contributed by atoms with Crippen LogP contribution >= 0.6 is 23.2 Å². The van der Waals surface area contributed by atoms with E-state index in [1.807, 2.05) is 38.1 Å². The number of halogens is 2. The lowest BCUT2D eigenvalue weighted by Gasteiger charge is -2.32. The quantitative estimate of drug-likeness (QED) is 0.542. The monoisotopic (exact) mass is 424 g/mol. The normalized spacial score (nSPS) is 18.1. The molecule has 1 saturated heterocycles. The van der Waals surface area contributed by atoms with Gasteiger partial charge in [0.1, 0.15) is 11.5 Å². The van der Waals surface area contributed by atoms with Gasteiger partial charge in [0.25, 0.3) is 0 Å². The van der Waals surface area contributed by atoms with Crippen LogP contribution < -0.4 is 11.1 Å². The highest BCUT2D eigenvalue weighted by atomic mass is 35.5. The van der Waals surface area contributed by atoms with E-state index in [4.69, 9.17) is 38.1 Å². The number of aryl methyl sites for hydroxylation is 1. The third-order valence-electron chi connectivity index (χ3n) is 4.80. The fourth-order valence-electron chi connectivity index (χ4n) is 3.29. The summed E-state index contributed by atoms with van der Waals surface area (Å²) in [7, 11) is 0. The van der Waals surface area contributed by atoms with Crippen molar-refractivity contribution in [3.63, 3.8) is 0 Å². The van der Waals surface area contributed by atoms with Crippen molar-refractivity contribution in [3.05, 3.63) is 57.5 Å². The summed E-state index contributed by atoms with van der Waals surface area (Å²) < 4.78 is 11.3. The van der Waals surface area contributed by atoms with Crippen LogP contribution in [0.15, 0.2) is 39.7 Å². The molecule has 0 radical (unpaired) electrons. The van der Waals surface area contributed by atoms with Crippen molar-refractivity contribution in [1.82, 2.24) is 10.2 Å². The molecule has 1 aliphatic rings. The molecular formula is C20H26Cl2N4O2. The van der Waals surface area contributed by atoms with E-state index in [1.54, 1.807) is 6.07 Å². The van der Waals surface area contributed by atoms with Crippen LogP contribution in [0.2, 0.25) is 10.0 Å². The molecule has 2 atom stereocenters. The van der Waals surface area contributed by atoms with E-state index in [-0.39, 0.29) is 12.1 Å². The topological polar surface area (TPSA) is 76.0 Å². The van der Waals surface area contributed by atoms with Crippen LogP contribution in [0.3, 0.4) is 0 Å². The lowest BCUT2D eigenvalue weighted by Crippen LogP contribution is -2.41. The number of nitrogens with two attached hydrogens (primary N) is 1. The molecular weight excluding hydrogens is 399 g/mol. The first-order chi connectivity index (χ1) is 13.4. The summed E-state index contributed by atoms with van der Waals surface area (Å²) in [5.41, 5.74) is 7.06. The Hall–Kier alpha value is -1.73. The Bertz CT molecular complexity index is 818. The maximum Gasteiger partial charge on any atom is 0.189 e. The van der Waals surface area contributed by atoms with Gasteiger partial charge in [-0.1, -0.05) is 29.3 Å². The number of furan rings is 1. The zero-order valence-electron chi connectivity index (χ0n) is 16.1. The summed E-state index contributed by atoms with van der Waals surface area (Å²) in [5.74, 6) is 2.14. The highest BCUT2D eigenvalue weighted by Gasteiger charge is 2.25. The Morgan fingerprint density at radius 1 is 1.25 bits per heavy atom. The van der Waals surface area contributed by atoms with Gasteiger partial charge >= 0.3 is 0 Å². The van der Waals surface area contributed by atoms with Crippen molar-refractivity contribution < 1.29 is 9.15 Å². The Kier molecular flexibility index (Phi) is 7.24. The first kappa shape index (κ1) is 21.0. The smallest absolute Gasteiger partial charge is 0.189 e. The number of nitrogens with zero attached hydrogens (tertiary/aromatic N) is 2. The molecule has 1 aliphatic heterocycles.